The van der Waals surface area contributed by atoms with Crippen LogP contribution in [0, 0.1) is 0 Å². The molecule has 0 fully saturated rings. The van der Waals surface area contributed by atoms with Gasteiger partial charge in [-0.25, -0.2) is 0 Å². The molecule has 1 atom stereocenters. The van der Waals surface area contributed by atoms with Gasteiger partial charge < -0.3 is 0 Å². The Labute approximate surface area is 135 Å². The van der Waals surface area contributed by atoms with Crippen LogP contribution in [0.25, 0.3) is 11.1 Å². The van der Waals surface area contributed by atoms with Gasteiger partial charge in [0, 0.05) is 0 Å². The molecule has 4 rings (SSSR count). The average molecular weight is 335 g/mol. The van der Waals surface area contributed by atoms with Crippen molar-refractivity contribution in [1.29, 1.82) is 0 Å². The van der Waals surface area contributed by atoms with Gasteiger partial charge in [-0.2, -0.15) is 0 Å². The van der Waals surface area contributed by atoms with Crippen LogP contribution in [-0.4, -0.2) is 0 Å². The van der Waals surface area contributed by atoms with Crippen molar-refractivity contribution < 1.29 is 24.7 Å². The van der Waals surface area contributed by atoms with Crippen LogP contribution in [0.4, 0.5) is 0 Å². The maximum atomic E-state index is 2.39. The molecular formula is C19H15Zr. The molecule has 0 nitrogen and oxygen atoms in total. The Morgan fingerprint density at radius 3 is 2.60 bits per heavy atom. The normalized spacial score (nSPS) is 19.3. The second-order valence-electron chi connectivity index (χ2n) is 5.66. The zero-order valence-electron chi connectivity index (χ0n) is 11.5. The molecule has 0 radical (unpaired) electrons. The van der Waals surface area contributed by atoms with Crippen LogP contribution in [0.5, 0.6) is 0 Å². The van der Waals surface area contributed by atoms with Gasteiger partial charge in [-0.15, -0.1) is 0 Å². The van der Waals surface area contributed by atoms with Crippen molar-refractivity contribution in [3.63, 3.8) is 0 Å². The van der Waals surface area contributed by atoms with Gasteiger partial charge in [-0.05, 0) is 0 Å². The fourth-order valence-corrected chi connectivity index (χ4v) is 4.46. The fraction of sp³-hybridized carbons (Fsp3) is 0.158. The summed E-state index contributed by atoms with van der Waals surface area (Å²) in [6.45, 7) is 2.21. The molecule has 0 amide bonds. The first-order chi connectivity index (χ1) is 9.75. The summed E-state index contributed by atoms with van der Waals surface area (Å²) in [5.74, 6) is 0.477. The van der Waals surface area contributed by atoms with Crippen LogP contribution in [0.3, 0.4) is 0 Å². The van der Waals surface area contributed by atoms with E-state index in [2.05, 4.69) is 61.5 Å². The maximum absolute atomic E-state index is 2.39. The van der Waals surface area contributed by atoms with E-state index in [0.717, 1.165) is 6.42 Å². The van der Waals surface area contributed by atoms with Gasteiger partial charge in [-0.3, -0.25) is 0 Å². The van der Waals surface area contributed by atoms with Gasteiger partial charge >= 0.3 is 135 Å². The molecule has 0 saturated carbocycles. The minimum atomic E-state index is 0.477. The third kappa shape index (κ3) is 1.76. The number of benzene rings is 2. The molecule has 0 heterocycles. The molecule has 1 unspecified atom stereocenters. The van der Waals surface area contributed by atoms with E-state index < -0.39 is 0 Å². The summed E-state index contributed by atoms with van der Waals surface area (Å²) in [4.78, 5) is 0. The molecule has 2 aliphatic carbocycles. The first-order valence-electron chi connectivity index (χ1n) is 7.07. The SMILES string of the molecule is CC1=CCC(C2c3ccccc3-c3ccc[c]([Zr])c32)=C1. The van der Waals surface area contributed by atoms with Gasteiger partial charge in [0.25, 0.3) is 0 Å². The van der Waals surface area contributed by atoms with E-state index in [1.54, 1.807) is 11.1 Å². The topological polar surface area (TPSA) is 0 Å². The van der Waals surface area contributed by atoms with E-state index in [9.17, 15) is 0 Å². The quantitative estimate of drug-likeness (QED) is 0.731. The van der Waals surface area contributed by atoms with Crippen molar-refractivity contribution in [2.45, 2.75) is 19.3 Å². The summed E-state index contributed by atoms with van der Waals surface area (Å²) in [6, 6.07) is 15.7. The number of allylic oxidation sites excluding steroid dienone is 4. The van der Waals surface area contributed by atoms with E-state index in [0.29, 0.717) is 5.92 Å². The van der Waals surface area contributed by atoms with Gasteiger partial charge in [0.05, 0.1) is 0 Å². The first kappa shape index (κ1) is 12.5. The van der Waals surface area contributed by atoms with Crippen molar-refractivity contribution in [1.82, 2.24) is 0 Å². The van der Waals surface area contributed by atoms with Crippen molar-refractivity contribution in [3.05, 3.63) is 76.9 Å². The van der Waals surface area contributed by atoms with Crippen molar-refractivity contribution in [2.75, 3.05) is 0 Å². The number of rotatable bonds is 1. The minimum absolute atomic E-state index is 0.477. The molecular weight excluding hydrogens is 319 g/mol. The van der Waals surface area contributed by atoms with Crippen LogP contribution in [0.2, 0.25) is 0 Å². The molecule has 0 saturated heterocycles. The molecule has 2 aromatic rings. The summed E-state index contributed by atoms with van der Waals surface area (Å²) >= 11 is 1.51. The second kappa shape index (κ2) is 4.67. The number of hydrogen-bond acceptors (Lipinski definition) is 0. The molecule has 0 spiro atoms. The Bertz CT molecular complexity index is 765. The Balaban J connectivity index is 1.98. The van der Waals surface area contributed by atoms with Gasteiger partial charge in [0.2, 0.25) is 0 Å². The predicted molar refractivity (Wildman–Crippen MR) is 79.8 cm³/mol. The molecule has 0 aromatic heterocycles. The molecule has 2 aliphatic rings. The number of fused-ring (bicyclic) bond motifs is 3. The van der Waals surface area contributed by atoms with Crippen molar-refractivity contribution in [3.8, 4) is 11.1 Å². The van der Waals surface area contributed by atoms with Crippen LogP contribution in [-0.2, 0) is 24.7 Å². The van der Waals surface area contributed by atoms with Crippen molar-refractivity contribution >= 4 is 3.27 Å². The predicted octanol–water partition coefficient (Wildman–Crippen LogP) is 4.25. The summed E-state index contributed by atoms with van der Waals surface area (Å²) in [6.07, 6.45) is 5.84. The molecule has 0 N–H and O–H groups in total. The third-order valence-electron chi connectivity index (χ3n) is 4.40. The molecule has 20 heavy (non-hydrogen) atoms. The monoisotopic (exact) mass is 333 g/mol. The summed E-state index contributed by atoms with van der Waals surface area (Å²) < 4.78 is 1.50. The standard InChI is InChI=1S/C19H15.Zr/c1-13-10-11-14(12-13)19-17-8-4-2-6-15(17)16-7-3-5-9-18(16)19;/h2-8,10,12,19H,11H2,1H3;. The van der Waals surface area contributed by atoms with Crippen LogP contribution in [0.15, 0.2) is 65.8 Å². The van der Waals surface area contributed by atoms with E-state index in [1.807, 2.05) is 0 Å². The second-order valence-corrected chi connectivity index (χ2v) is 6.98. The number of hydrogen-bond donors (Lipinski definition) is 0. The van der Waals surface area contributed by atoms with Gasteiger partial charge in [0.15, 0.2) is 0 Å². The van der Waals surface area contributed by atoms with Gasteiger partial charge in [0.1, 0.15) is 0 Å². The Hall–Kier alpha value is -1.20. The Morgan fingerprint density at radius 1 is 1.00 bits per heavy atom. The van der Waals surface area contributed by atoms with E-state index >= 15 is 0 Å². The summed E-state index contributed by atoms with van der Waals surface area (Å²) in [5.41, 5.74) is 8.90. The zero-order valence-corrected chi connectivity index (χ0v) is 13.9. The average Bonchev–Trinajstić information content (AvgIpc) is 3.01. The molecule has 0 bridgehead atoms. The fourth-order valence-electron chi connectivity index (χ4n) is 3.54. The van der Waals surface area contributed by atoms with Crippen molar-refractivity contribution in [2.24, 2.45) is 0 Å². The molecule has 95 valence electrons. The Kier molecular flexibility index (Phi) is 2.93. The van der Waals surface area contributed by atoms with E-state index in [-0.39, 0.29) is 0 Å². The zero-order chi connectivity index (χ0) is 13.7. The Morgan fingerprint density at radius 2 is 1.80 bits per heavy atom. The first-order valence-corrected chi connectivity index (χ1v) is 8.29. The summed E-state index contributed by atoms with van der Waals surface area (Å²) in [5, 5.41) is 0. The van der Waals surface area contributed by atoms with Crippen LogP contribution < -0.4 is 3.27 Å². The van der Waals surface area contributed by atoms with E-state index in [1.165, 1.54) is 50.3 Å². The van der Waals surface area contributed by atoms with Gasteiger partial charge in [-0.1, -0.05) is 0 Å². The molecule has 2 aromatic carbocycles. The van der Waals surface area contributed by atoms with E-state index in [4.69, 9.17) is 0 Å². The van der Waals surface area contributed by atoms with Crippen LogP contribution in [0.1, 0.15) is 30.4 Å². The van der Waals surface area contributed by atoms with Crippen LogP contribution >= 0.6 is 0 Å². The molecule has 0 aliphatic heterocycles. The molecule has 1 heteroatoms. The summed E-state index contributed by atoms with van der Waals surface area (Å²) in [7, 11) is 0. The third-order valence-corrected chi connectivity index (χ3v) is 5.47.